The third-order valence-electron chi connectivity index (χ3n) is 7.58. The molecule has 2 aromatic carbocycles. The standard InChI is InChI=1S/C37H54N4O7/c1-36(2,3)47-33(43)27-38-19-23-40(32(42)18-17-30-13-9-7-10-14-30)24-20-39(28-34(44)48-37(4,5)6)22-26-41(25-21-38)35(45)46-29-31-15-11-8-12-16-31/h7-16H,17-29H2,1-6H3. The first-order valence-corrected chi connectivity index (χ1v) is 16.8. The van der Waals surface area contributed by atoms with Crippen LogP contribution in [0.4, 0.5) is 4.79 Å². The number of esters is 2. The second-order valence-electron chi connectivity index (χ2n) is 14.1. The minimum absolute atomic E-state index is 0.00327. The van der Waals surface area contributed by atoms with Crippen LogP contribution in [0.15, 0.2) is 60.7 Å². The van der Waals surface area contributed by atoms with Crippen LogP contribution in [0.3, 0.4) is 0 Å². The highest BCUT2D eigenvalue weighted by Gasteiger charge is 2.26. The van der Waals surface area contributed by atoms with Gasteiger partial charge in [0.05, 0.1) is 13.1 Å². The lowest BCUT2D eigenvalue weighted by Crippen LogP contribution is -2.50. The van der Waals surface area contributed by atoms with Crippen molar-refractivity contribution in [3.63, 3.8) is 0 Å². The van der Waals surface area contributed by atoms with Gasteiger partial charge in [0.2, 0.25) is 5.91 Å². The average Bonchev–Trinajstić information content (AvgIpc) is 3.00. The van der Waals surface area contributed by atoms with Crippen molar-refractivity contribution in [2.75, 3.05) is 65.4 Å². The zero-order chi connectivity index (χ0) is 35.2. The lowest BCUT2D eigenvalue weighted by atomic mass is 10.1. The van der Waals surface area contributed by atoms with E-state index < -0.39 is 17.3 Å². The molecule has 264 valence electrons. The van der Waals surface area contributed by atoms with Gasteiger partial charge in [0.1, 0.15) is 17.8 Å². The second kappa shape index (κ2) is 18.5. The van der Waals surface area contributed by atoms with Crippen molar-refractivity contribution in [3.8, 4) is 0 Å². The van der Waals surface area contributed by atoms with Gasteiger partial charge in [0, 0.05) is 58.8 Å². The zero-order valence-electron chi connectivity index (χ0n) is 29.6. The maximum atomic E-state index is 13.6. The van der Waals surface area contributed by atoms with Crippen LogP contribution in [0, 0.1) is 0 Å². The number of hydrogen-bond donors (Lipinski definition) is 0. The predicted octanol–water partition coefficient (Wildman–Crippen LogP) is 4.39. The maximum absolute atomic E-state index is 13.6. The molecule has 2 aromatic rings. The first-order valence-electron chi connectivity index (χ1n) is 16.8. The van der Waals surface area contributed by atoms with E-state index in [-0.39, 0.29) is 50.6 Å². The van der Waals surface area contributed by atoms with Gasteiger partial charge in [-0.25, -0.2) is 4.79 Å². The second-order valence-corrected chi connectivity index (χ2v) is 14.1. The molecule has 0 atom stereocenters. The van der Waals surface area contributed by atoms with E-state index in [0.717, 1.165) is 11.1 Å². The monoisotopic (exact) mass is 666 g/mol. The van der Waals surface area contributed by atoms with Crippen molar-refractivity contribution in [3.05, 3.63) is 71.8 Å². The van der Waals surface area contributed by atoms with E-state index in [2.05, 4.69) is 0 Å². The maximum Gasteiger partial charge on any atom is 0.410 e. The summed E-state index contributed by atoms with van der Waals surface area (Å²) in [5, 5.41) is 0. The Morgan fingerprint density at radius 3 is 1.44 bits per heavy atom. The SMILES string of the molecule is CC(C)(C)OC(=O)CN1CCN(C(=O)CCc2ccccc2)CCN(CC(=O)OC(C)(C)C)CCN(C(=O)OCc2ccccc2)CC1. The Morgan fingerprint density at radius 1 is 0.583 bits per heavy atom. The summed E-state index contributed by atoms with van der Waals surface area (Å²) in [5.74, 6) is -0.756. The number of nitrogens with zero attached hydrogens (tertiary/aromatic N) is 4. The number of aryl methyl sites for hydroxylation is 1. The molecule has 11 nitrogen and oxygen atoms in total. The Labute approximate surface area is 286 Å². The minimum Gasteiger partial charge on any atom is -0.459 e. The van der Waals surface area contributed by atoms with E-state index in [1.807, 2.05) is 112 Å². The molecule has 1 aliphatic rings. The van der Waals surface area contributed by atoms with Gasteiger partial charge < -0.3 is 24.0 Å². The van der Waals surface area contributed by atoms with E-state index in [0.29, 0.717) is 52.1 Å². The lowest BCUT2D eigenvalue weighted by molar-refractivity contribution is -0.157. The van der Waals surface area contributed by atoms with Crippen LogP contribution in [0.1, 0.15) is 59.1 Å². The first-order chi connectivity index (χ1) is 22.7. The van der Waals surface area contributed by atoms with Crippen molar-refractivity contribution in [1.82, 2.24) is 19.6 Å². The van der Waals surface area contributed by atoms with Crippen LogP contribution < -0.4 is 0 Å². The van der Waals surface area contributed by atoms with Gasteiger partial charge in [0.25, 0.3) is 0 Å². The van der Waals surface area contributed by atoms with Crippen molar-refractivity contribution in [2.45, 2.75) is 72.2 Å². The van der Waals surface area contributed by atoms with E-state index in [1.165, 1.54) is 0 Å². The van der Waals surface area contributed by atoms with Crippen molar-refractivity contribution >= 4 is 23.9 Å². The Hall–Kier alpha value is -3.96. The van der Waals surface area contributed by atoms with E-state index in [4.69, 9.17) is 14.2 Å². The van der Waals surface area contributed by atoms with Gasteiger partial charge in [-0.15, -0.1) is 0 Å². The molecule has 0 aromatic heterocycles. The number of ether oxygens (including phenoxy) is 3. The lowest BCUT2D eigenvalue weighted by Gasteiger charge is -2.34. The van der Waals surface area contributed by atoms with Crippen LogP contribution >= 0.6 is 0 Å². The largest absolute Gasteiger partial charge is 0.459 e. The summed E-state index contributed by atoms with van der Waals surface area (Å²) in [6, 6.07) is 19.3. The molecule has 1 saturated heterocycles. The summed E-state index contributed by atoms with van der Waals surface area (Å²) in [6.07, 6.45) is 0.464. The smallest absolute Gasteiger partial charge is 0.410 e. The third-order valence-corrected chi connectivity index (χ3v) is 7.58. The van der Waals surface area contributed by atoms with E-state index in [1.54, 1.807) is 9.80 Å². The van der Waals surface area contributed by atoms with Crippen molar-refractivity contribution in [1.29, 1.82) is 0 Å². The quantitative estimate of drug-likeness (QED) is 0.285. The molecule has 0 saturated carbocycles. The van der Waals surface area contributed by atoms with Crippen molar-refractivity contribution < 1.29 is 33.4 Å². The highest BCUT2D eigenvalue weighted by molar-refractivity contribution is 5.76. The average molecular weight is 667 g/mol. The highest BCUT2D eigenvalue weighted by Crippen LogP contribution is 2.12. The number of amides is 2. The van der Waals surface area contributed by atoms with Crippen molar-refractivity contribution in [2.24, 2.45) is 0 Å². The Bertz CT molecular complexity index is 1190. The summed E-state index contributed by atoms with van der Waals surface area (Å²) >= 11 is 0. The Kier molecular flexibility index (Phi) is 14.9. The minimum atomic E-state index is -0.645. The highest BCUT2D eigenvalue weighted by atomic mass is 16.6. The third kappa shape index (κ3) is 15.3. The molecule has 1 heterocycles. The summed E-state index contributed by atoms with van der Waals surface area (Å²) in [5.41, 5.74) is 0.662. The normalized spacial score (nSPS) is 16.0. The molecule has 11 heteroatoms. The van der Waals surface area contributed by atoms with Crippen LogP contribution in [-0.4, -0.2) is 120 Å². The molecule has 0 spiro atoms. The molecule has 0 N–H and O–H groups in total. The van der Waals surface area contributed by atoms with Gasteiger partial charge in [0.15, 0.2) is 0 Å². The molecule has 2 amide bonds. The summed E-state index contributed by atoms with van der Waals surface area (Å²) in [4.78, 5) is 60.0. The molecular weight excluding hydrogens is 612 g/mol. The molecule has 3 rings (SSSR count). The Balaban J connectivity index is 1.80. The van der Waals surface area contributed by atoms with Crippen LogP contribution in [0.5, 0.6) is 0 Å². The van der Waals surface area contributed by atoms with E-state index >= 15 is 0 Å². The van der Waals surface area contributed by atoms with Gasteiger partial charge in [-0.1, -0.05) is 60.7 Å². The molecule has 0 radical (unpaired) electrons. The topological polar surface area (TPSA) is 109 Å². The van der Waals surface area contributed by atoms with Crippen LogP contribution in [-0.2, 0) is 41.6 Å². The molecule has 48 heavy (non-hydrogen) atoms. The number of benzene rings is 2. The molecule has 0 aliphatic carbocycles. The van der Waals surface area contributed by atoms with E-state index in [9.17, 15) is 19.2 Å². The summed E-state index contributed by atoms with van der Waals surface area (Å²) < 4.78 is 16.9. The van der Waals surface area contributed by atoms with Gasteiger partial charge in [-0.3, -0.25) is 24.2 Å². The fraction of sp³-hybridized carbons (Fsp3) is 0.568. The first kappa shape index (κ1) is 38.5. The Morgan fingerprint density at radius 2 is 1.00 bits per heavy atom. The van der Waals surface area contributed by atoms with Gasteiger partial charge >= 0.3 is 18.0 Å². The number of carbonyl (C=O) groups excluding carboxylic acids is 4. The number of carbonyl (C=O) groups is 4. The summed E-state index contributed by atoms with van der Waals surface area (Å²) in [7, 11) is 0. The molecular formula is C37H54N4O7. The fourth-order valence-electron chi connectivity index (χ4n) is 5.22. The predicted molar refractivity (Wildman–Crippen MR) is 184 cm³/mol. The molecule has 1 fully saturated rings. The van der Waals surface area contributed by atoms with Crippen LogP contribution in [0.2, 0.25) is 0 Å². The fourth-order valence-corrected chi connectivity index (χ4v) is 5.22. The van der Waals surface area contributed by atoms with Crippen LogP contribution in [0.25, 0.3) is 0 Å². The zero-order valence-corrected chi connectivity index (χ0v) is 29.6. The summed E-state index contributed by atoms with van der Waals surface area (Å²) in [6.45, 7) is 13.9. The molecule has 0 bridgehead atoms. The van der Waals surface area contributed by atoms with Gasteiger partial charge in [-0.2, -0.15) is 0 Å². The van der Waals surface area contributed by atoms with Gasteiger partial charge in [-0.05, 0) is 59.1 Å². The number of rotatable bonds is 9. The number of hydrogen-bond acceptors (Lipinski definition) is 9. The molecule has 0 unspecified atom stereocenters. The molecule has 1 aliphatic heterocycles.